The molecule has 98 valence electrons. The van der Waals surface area contributed by atoms with E-state index in [-0.39, 0.29) is 6.04 Å². The van der Waals surface area contributed by atoms with E-state index in [1.807, 2.05) is 17.3 Å². The summed E-state index contributed by atoms with van der Waals surface area (Å²) in [4.78, 5) is 10.6. The highest BCUT2D eigenvalue weighted by molar-refractivity contribution is 5.83. The van der Waals surface area contributed by atoms with Crippen LogP contribution in [-0.2, 0) is 4.79 Å². The fourth-order valence-corrected chi connectivity index (χ4v) is 3.24. The molecule has 19 heavy (non-hydrogen) atoms. The van der Waals surface area contributed by atoms with Crippen LogP contribution in [0.4, 0.5) is 0 Å². The molecule has 3 rings (SSSR count). The van der Waals surface area contributed by atoms with Gasteiger partial charge in [-0.1, -0.05) is 37.1 Å². The van der Waals surface area contributed by atoms with Crippen LogP contribution in [0.15, 0.2) is 41.6 Å². The van der Waals surface area contributed by atoms with E-state index in [0.717, 1.165) is 6.29 Å². The van der Waals surface area contributed by atoms with Gasteiger partial charge in [0.2, 0.25) is 0 Å². The molecule has 1 fully saturated rings. The maximum atomic E-state index is 10.6. The number of hydrazone groups is 1. The van der Waals surface area contributed by atoms with Crippen molar-refractivity contribution < 1.29 is 4.79 Å². The summed E-state index contributed by atoms with van der Waals surface area (Å²) in [6, 6.07) is 8.71. The number of allylic oxidation sites excluding steroid dienone is 1. The molecule has 3 nitrogen and oxygen atoms in total. The third-order valence-corrected chi connectivity index (χ3v) is 4.09. The van der Waals surface area contributed by atoms with E-state index in [1.54, 1.807) is 6.20 Å². The number of hydrogen-bond donors (Lipinski definition) is 0. The van der Waals surface area contributed by atoms with E-state index in [2.05, 4.69) is 23.3 Å². The zero-order valence-electron chi connectivity index (χ0n) is 10.9. The first-order valence-corrected chi connectivity index (χ1v) is 6.93. The van der Waals surface area contributed by atoms with Crippen LogP contribution in [0.2, 0.25) is 0 Å². The third-order valence-electron chi connectivity index (χ3n) is 4.09. The van der Waals surface area contributed by atoms with E-state index in [4.69, 9.17) is 0 Å². The molecule has 0 radical (unpaired) electrons. The lowest BCUT2D eigenvalue weighted by atomic mass is 9.88. The molecule has 0 N–H and O–H groups in total. The van der Waals surface area contributed by atoms with Crippen LogP contribution in [0, 0.1) is 5.92 Å². The van der Waals surface area contributed by atoms with Gasteiger partial charge in [0.25, 0.3) is 0 Å². The van der Waals surface area contributed by atoms with Crippen molar-refractivity contribution in [3.63, 3.8) is 0 Å². The zero-order chi connectivity index (χ0) is 13.1. The van der Waals surface area contributed by atoms with E-state index in [0.29, 0.717) is 5.92 Å². The summed E-state index contributed by atoms with van der Waals surface area (Å²) in [5.41, 5.74) is 2.54. The molecule has 1 aromatic carbocycles. The summed E-state index contributed by atoms with van der Waals surface area (Å²) >= 11 is 0. The predicted molar refractivity (Wildman–Crippen MR) is 75.8 cm³/mol. The summed E-state index contributed by atoms with van der Waals surface area (Å²) in [6.45, 7) is 0. The molecule has 1 heterocycles. The molecular formula is C16H18N2O. The van der Waals surface area contributed by atoms with Gasteiger partial charge in [0.05, 0.1) is 12.3 Å². The second-order valence-electron chi connectivity index (χ2n) is 5.22. The number of aldehydes is 1. The minimum Gasteiger partial charge on any atom is -0.299 e. The van der Waals surface area contributed by atoms with Gasteiger partial charge in [-0.25, -0.2) is 0 Å². The zero-order valence-corrected chi connectivity index (χ0v) is 10.9. The fraction of sp³-hybridized carbons (Fsp3) is 0.375. The van der Waals surface area contributed by atoms with Crippen LogP contribution in [0.1, 0.15) is 42.9 Å². The predicted octanol–water partition coefficient (Wildman–Crippen LogP) is 3.28. The number of carbonyl (C=O) groups excluding carboxylic acids is 1. The Morgan fingerprint density at radius 3 is 2.79 bits per heavy atom. The van der Waals surface area contributed by atoms with E-state index in [1.165, 1.54) is 42.9 Å². The molecule has 1 aliphatic heterocycles. The van der Waals surface area contributed by atoms with Crippen LogP contribution in [0.3, 0.4) is 0 Å². The second-order valence-corrected chi connectivity index (χ2v) is 5.22. The Balaban J connectivity index is 1.98. The van der Waals surface area contributed by atoms with Gasteiger partial charge in [0.1, 0.15) is 6.29 Å². The number of carbonyl (C=O) groups is 1. The summed E-state index contributed by atoms with van der Waals surface area (Å²) in [7, 11) is 0. The van der Waals surface area contributed by atoms with Gasteiger partial charge in [-0.3, -0.25) is 9.80 Å². The Hall–Kier alpha value is -1.90. The van der Waals surface area contributed by atoms with Crippen LogP contribution in [0.25, 0.3) is 0 Å². The maximum Gasteiger partial charge on any atom is 0.144 e. The van der Waals surface area contributed by atoms with Gasteiger partial charge in [-0.2, -0.15) is 5.10 Å². The van der Waals surface area contributed by atoms with Crippen molar-refractivity contribution in [2.45, 2.75) is 31.7 Å². The standard InChI is InChI=1S/C16H18N2O/c19-11-5-10-18-16(13-6-1-2-7-13)15-9-4-3-8-14(15)12-17-18/h3-5,8-13,16H,1-2,6-7H2. The number of rotatable bonds is 3. The molecule has 3 heteroatoms. The lowest BCUT2D eigenvalue weighted by Crippen LogP contribution is -2.28. The Bertz CT molecular complexity index is 515. The monoisotopic (exact) mass is 254 g/mol. The number of fused-ring (bicyclic) bond motifs is 1. The topological polar surface area (TPSA) is 32.7 Å². The van der Waals surface area contributed by atoms with Crippen molar-refractivity contribution in [2.24, 2.45) is 11.0 Å². The Kier molecular flexibility index (Phi) is 3.45. The van der Waals surface area contributed by atoms with E-state index < -0.39 is 0 Å². The molecule has 1 aromatic rings. The SMILES string of the molecule is O=CC=CN1N=Cc2ccccc2C1C1CCCC1. The Morgan fingerprint density at radius 2 is 2.00 bits per heavy atom. The molecule has 0 bridgehead atoms. The minimum absolute atomic E-state index is 0.278. The molecule has 1 saturated carbocycles. The third kappa shape index (κ3) is 2.33. The van der Waals surface area contributed by atoms with Crippen LogP contribution in [-0.4, -0.2) is 17.5 Å². The lowest BCUT2D eigenvalue weighted by Gasteiger charge is -2.35. The van der Waals surface area contributed by atoms with Gasteiger partial charge in [-0.05, 0) is 36.0 Å². The number of nitrogens with zero attached hydrogens (tertiary/aromatic N) is 2. The normalized spacial score (nSPS) is 22.9. The first kappa shape index (κ1) is 12.2. The fourth-order valence-electron chi connectivity index (χ4n) is 3.24. The molecular weight excluding hydrogens is 236 g/mol. The summed E-state index contributed by atoms with van der Waals surface area (Å²) in [5.74, 6) is 0.634. The van der Waals surface area contributed by atoms with E-state index in [9.17, 15) is 4.79 Å². The largest absolute Gasteiger partial charge is 0.299 e. The van der Waals surface area contributed by atoms with Gasteiger partial charge >= 0.3 is 0 Å². The smallest absolute Gasteiger partial charge is 0.144 e. The summed E-state index contributed by atoms with van der Waals surface area (Å²) < 4.78 is 0. The van der Waals surface area contributed by atoms with Crippen molar-refractivity contribution >= 4 is 12.5 Å². The van der Waals surface area contributed by atoms with Gasteiger partial charge < -0.3 is 0 Å². The number of benzene rings is 1. The van der Waals surface area contributed by atoms with E-state index >= 15 is 0 Å². The molecule has 1 unspecified atom stereocenters. The molecule has 0 aromatic heterocycles. The number of hydrogen-bond acceptors (Lipinski definition) is 3. The van der Waals surface area contributed by atoms with Crippen LogP contribution < -0.4 is 0 Å². The molecule has 0 saturated heterocycles. The van der Waals surface area contributed by atoms with Crippen LogP contribution in [0.5, 0.6) is 0 Å². The highest BCUT2D eigenvalue weighted by atomic mass is 16.1. The van der Waals surface area contributed by atoms with Gasteiger partial charge in [-0.15, -0.1) is 0 Å². The highest BCUT2D eigenvalue weighted by Gasteiger charge is 2.32. The van der Waals surface area contributed by atoms with Gasteiger partial charge in [0.15, 0.2) is 0 Å². The molecule has 2 aliphatic rings. The first-order valence-electron chi connectivity index (χ1n) is 6.93. The average molecular weight is 254 g/mol. The van der Waals surface area contributed by atoms with Crippen molar-refractivity contribution in [3.05, 3.63) is 47.7 Å². The van der Waals surface area contributed by atoms with Gasteiger partial charge in [0, 0.05) is 6.20 Å². The summed E-state index contributed by atoms with van der Waals surface area (Å²) in [6.07, 6.45) is 11.1. The maximum absolute atomic E-state index is 10.6. The van der Waals surface area contributed by atoms with Crippen molar-refractivity contribution in [1.82, 2.24) is 5.01 Å². The summed E-state index contributed by atoms with van der Waals surface area (Å²) in [5, 5.41) is 6.45. The molecule has 0 spiro atoms. The Labute approximate surface area is 113 Å². The minimum atomic E-state index is 0.278. The average Bonchev–Trinajstić information content (AvgIpc) is 2.98. The van der Waals surface area contributed by atoms with Crippen LogP contribution >= 0.6 is 0 Å². The highest BCUT2D eigenvalue weighted by Crippen LogP contribution is 2.42. The lowest BCUT2D eigenvalue weighted by molar-refractivity contribution is -0.104. The van der Waals surface area contributed by atoms with Crippen molar-refractivity contribution in [3.8, 4) is 0 Å². The molecule has 1 atom stereocenters. The van der Waals surface area contributed by atoms with Crippen molar-refractivity contribution in [2.75, 3.05) is 0 Å². The quantitative estimate of drug-likeness (QED) is 0.612. The molecule has 1 aliphatic carbocycles. The molecule has 0 amide bonds. The second kappa shape index (κ2) is 5.39. The Morgan fingerprint density at radius 1 is 1.21 bits per heavy atom. The van der Waals surface area contributed by atoms with Crippen molar-refractivity contribution in [1.29, 1.82) is 0 Å². The first-order chi connectivity index (χ1) is 9.40.